The standard InChI is InChI=1S/C13H21N3O4S/c1-15-4-6-16(7-5-15)21(17,18)13-8-10(14)11(19-2)9-12(13)20-3/h8-9H,4-7,14H2,1-3H3. The molecule has 0 atom stereocenters. The van der Waals surface area contributed by atoms with Gasteiger partial charge in [-0.05, 0) is 13.1 Å². The van der Waals surface area contributed by atoms with Crippen molar-refractivity contribution in [1.82, 2.24) is 9.21 Å². The second-order valence-corrected chi connectivity index (χ2v) is 6.86. The number of hydrogen-bond acceptors (Lipinski definition) is 6. The summed E-state index contributed by atoms with van der Waals surface area (Å²) >= 11 is 0. The Morgan fingerprint density at radius 3 is 2.14 bits per heavy atom. The average Bonchev–Trinajstić information content (AvgIpc) is 2.47. The molecule has 1 aliphatic heterocycles. The van der Waals surface area contributed by atoms with E-state index in [1.54, 1.807) is 0 Å². The van der Waals surface area contributed by atoms with Gasteiger partial charge in [-0.15, -0.1) is 0 Å². The molecule has 7 nitrogen and oxygen atoms in total. The van der Waals surface area contributed by atoms with Gasteiger partial charge in [-0.1, -0.05) is 0 Å². The molecule has 0 aromatic heterocycles. The zero-order chi connectivity index (χ0) is 15.6. The molecule has 0 radical (unpaired) electrons. The fourth-order valence-electron chi connectivity index (χ4n) is 2.26. The van der Waals surface area contributed by atoms with Gasteiger partial charge in [0.2, 0.25) is 10.0 Å². The minimum Gasteiger partial charge on any atom is -0.495 e. The van der Waals surface area contributed by atoms with Crippen LogP contribution in [-0.2, 0) is 10.0 Å². The van der Waals surface area contributed by atoms with Crippen LogP contribution in [0.5, 0.6) is 11.5 Å². The topological polar surface area (TPSA) is 85.1 Å². The van der Waals surface area contributed by atoms with Crippen LogP contribution in [0.1, 0.15) is 0 Å². The Labute approximate surface area is 125 Å². The van der Waals surface area contributed by atoms with Gasteiger partial charge in [0.25, 0.3) is 0 Å². The predicted octanol–water partition coefficient (Wildman–Crippen LogP) is 0.222. The molecular formula is C13H21N3O4S. The molecule has 0 aliphatic carbocycles. The Balaban J connectivity index is 2.42. The predicted molar refractivity (Wildman–Crippen MR) is 80.2 cm³/mol. The second-order valence-electron chi connectivity index (χ2n) is 4.95. The summed E-state index contributed by atoms with van der Waals surface area (Å²) in [6.45, 7) is 2.31. The van der Waals surface area contributed by atoms with Crippen LogP contribution in [-0.4, -0.2) is 65.1 Å². The maximum atomic E-state index is 12.8. The highest BCUT2D eigenvalue weighted by Crippen LogP contribution is 2.35. The van der Waals surface area contributed by atoms with E-state index in [0.717, 1.165) is 0 Å². The van der Waals surface area contributed by atoms with E-state index in [2.05, 4.69) is 4.90 Å². The number of piperazine rings is 1. The lowest BCUT2D eigenvalue weighted by Gasteiger charge is -2.31. The van der Waals surface area contributed by atoms with Crippen molar-refractivity contribution in [1.29, 1.82) is 0 Å². The van der Waals surface area contributed by atoms with Gasteiger partial charge in [0, 0.05) is 32.2 Å². The Bertz CT molecular complexity index is 610. The number of methoxy groups -OCH3 is 2. The highest BCUT2D eigenvalue weighted by Gasteiger charge is 2.30. The van der Waals surface area contributed by atoms with Gasteiger partial charge < -0.3 is 20.1 Å². The fraction of sp³-hybridized carbons (Fsp3) is 0.538. The van der Waals surface area contributed by atoms with Gasteiger partial charge in [0.15, 0.2) is 0 Å². The summed E-state index contributed by atoms with van der Waals surface area (Å²) in [6.07, 6.45) is 0. The number of ether oxygens (including phenoxy) is 2. The molecule has 2 rings (SSSR count). The molecule has 0 amide bonds. The number of nitrogens with zero attached hydrogens (tertiary/aromatic N) is 2. The first kappa shape index (κ1) is 15.9. The van der Waals surface area contributed by atoms with E-state index in [4.69, 9.17) is 15.2 Å². The average molecular weight is 315 g/mol. The Morgan fingerprint density at radius 2 is 1.62 bits per heavy atom. The Morgan fingerprint density at radius 1 is 1.05 bits per heavy atom. The van der Waals surface area contributed by atoms with E-state index in [-0.39, 0.29) is 16.3 Å². The van der Waals surface area contributed by atoms with Crippen LogP contribution in [0.2, 0.25) is 0 Å². The first-order valence-corrected chi connectivity index (χ1v) is 8.04. The third-order valence-corrected chi connectivity index (χ3v) is 5.52. The van der Waals surface area contributed by atoms with Crippen LogP contribution in [0, 0.1) is 0 Å². The van der Waals surface area contributed by atoms with Gasteiger partial charge in [-0.3, -0.25) is 0 Å². The molecule has 0 bridgehead atoms. The summed E-state index contributed by atoms with van der Waals surface area (Å²) in [7, 11) is 1.24. The van der Waals surface area contributed by atoms with E-state index in [9.17, 15) is 8.42 Å². The van der Waals surface area contributed by atoms with E-state index < -0.39 is 10.0 Å². The first-order valence-electron chi connectivity index (χ1n) is 6.60. The number of sulfonamides is 1. The summed E-state index contributed by atoms with van der Waals surface area (Å²) in [5.74, 6) is 0.629. The van der Waals surface area contributed by atoms with Gasteiger partial charge >= 0.3 is 0 Å². The fourth-order valence-corrected chi connectivity index (χ4v) is 3.86. The van der Waals surface area contributed by atoms with Crippen LogP contribution in [0.4, 0.5) is 5.69 Å². The molecule has 1 aromatic rings. The van der Waals surface area contributed by atoms with Crippen molar-refractivity contribution in [3.63, 3.8) is 0 Å². The molecule has 8 heteroatoms. The quantitative estimate of drug-likeness (QED) is 0.800. The number of rotatable bonds is 4. The molecule has 2 N–H and O–H groups in total. The Hall–Kier alpha value is -1.51. The summed E-state index contributed by atoms with van der Waals surface area (Å²) < 4.78 is 37.3. The normalized spacial score (nSPS) is 17.7. The minimum atomic E-state index is -3.63. The lowest BCUT2D eigenvalue weighted by Crippen LogP contribution is -2.47. The van der Waals surface area contributed by atoms with Gasteiger partial charge in [-0.2, -0.15) is 4.31 Å². The van der Waals surface area contributed by atoms with Gasteiger partial charge in [-0.25, -0.2) is 8.42 Å². The van der Waals surface area contributed by atoms with Crippen molar-refractivity contribution in [3.05, 3.63) is 12.1 Å². The molecular weight excluding hydrogens is 294 g/mol. The van der Waals surface area contributed by atoms with Crippen LogP contribution in [0.25, 0.3) is 0 Å². The SMILES string of the molecule is COc1cc(OC)c(S(=O)(=O)N2CCN(C)CC2)cc1N. The molecule has 21 heavy (non-hydrogen) atoms. The van der Waals surface area contributed by atoms with E-state index in [1.165, 1.54) is 30.7 Å². The second kappa shape index (κ2) is 6.08. The zero-order valence-electron chi connectivity index (χ0n) is 12.5. The van der Waals surface area contributed by atoms with E-state index in [1.807, 2.05) is 7.05 Å². The minimum absolute atomic E-state index is 0.0767. The molecule has 0 unspecified atom stereocenters. The number of anilines is 1. The molecule has 118 valence electrons. The number of nitrogens with two attached hydrogens (primary N) is 1. The van der Waals surface area contributed by atoms with Gasteiger partial charge in [0.05, 0.1) is 19.9 Å². The lowest BCUT2D eigenvalue weighted by atomic mass is 10.3. The third-order valence-electron chi connectivity index (χ3n) is 3.60. The van der Waals surface area contributed by atoms with Crippen molar-refractivity contribution in [2.24, 2.45) is 0 Å². The third kappa shape index (κ3) is 3.07. The largest absolute Gasteiger partial charge is 0.495 e. The van der Waals surface area contributed by atoms with Crippen molar-refractivity contribution in [3.8, 4) is 11.5 Å². The monoisotopic (exact) mass is 315 g/mol. The van der Waals surface area contributed by atoms with Crippen LogP contribution in [0.15, 0.2) is 17.0 Å². The van der Waals surface area contributed by atoms with Crippen molar-refractivity contribution >= 4 is 15.7 Å². The molecule has 1 aromatic carbocycles. The van der Waals surface area contributed by atoms with Crippen LogP contribution in [0.3, 0.4) is 0 Å². The number of nitrogen functional groups attached to an aromatic ring is 1. The van der Waals surface area contributed by atoms with Crippen molar-refractivity contribution < 1.29 is 17.9 Å². The number of benzene rings is 1. The maximum absolute atomic E-state index is 12.8. The molecule has 1 saturated heterocycles. The molecule has 0 saturated carbocycles. The van der Waals surface area contributed by atoms with Gasteiger partial charge in [0.1, 0.15) is 16.4 Å². The van der Waals surface area contributed by atoms with Crippen LogP contribution < -0.4 is 15.2 Å². The highest BCUT2D eigenvalue weighted by atomic mass is 32.2. The highest BCUT2D eigenvalue weighted by molar-refractivity contribution is 7.89. The summed E-state index contributed by atoms with van der Waals surface area (Å²) in [4.78, 5) is 2.17. The Kier molecular flexibility index (Phi) is 4.60. The zero-order valence-corrected chi connectivity index (χ0v) is 13.3. The smallest absolute Gasteiger partial charge is 0.246 e. The summed E-state index contributed by atoms with van der Waals surface area (Å²) in [6, 6.07) is 2.89. The molecule has 1 aliphatic rings. The van der Waals surface area contributed by atoms with Crippen LogP contribution >= 0.6 is 0 Å². The van der Waals surface area contributed by atoms with E-state index >= 15 is 0 Å². The number of hydrogen-bond donors (Lipinski definition) is 1. The summed E-state index contributed by atoms with van der Waals surface area (Å²) in [5.41, 5.74) is 6.10. The molecule has 0 spiro atoms. The molecule has 1 heterocycles. The first-order chi connectivity index (χ1) is 9.90. The molecule has 1 fully saturated rings. The summed E-state index contributed by atoms with van der Waals surface area (Å²) in [5, 5.41) is 0. The van der Waals surface area contributed by atoms with Crippen molar-refractivity contribution in [2.75, 3.05) is 53.2 Å². The number of likely N-dealkylation sites (N-methyl/N-ethyl adjacent to an activating group) is 1. The lowest BCUT2D eigenvalue weighted by molar-refractivity contribution is 0.222. The van der Waals surface area contributed by atoms with Crippen molar-refractivity contribution in [2.45, 2.75) is 4.90 Å². The van der Waals surface area contributed by atoms with E-state index in [0.29, 0.717) is 31.9 Å². The maximum Gasteiger partial charge on any atom is 0.246 e.